The lowest BCUT2D eigenvalue weighted by molar-refractivity contribution is 0.282. The van der Waals surface area contributed by atoms with Crippen molar-refractivity contribution < 1.29 is 18.3 Å². The monoisotopic (exact) mass is 327 g/mol. The van der Waals surface area contributed by atoms with E-state index in [2.05, 4.69) is 4.72 Å². The van der Waals surface area contributed by atoms with Crippen molar-refractivity contribution in [3.05, 3.63) is 53.1 Å². The Morgan fingerprint density at radius 3 is 2.38 bits per heavy atom. The van der Waals surface area contributed by atoms with Gasteiger partial charge < -0.3 is 9.84 Å². The van der Waals surface area contributed by atoms with E-state index in [-0.39, 0.29) is 16.5 Å². The van der Waals surface area contributed by atoms with Crippen LogP contribution in [0, 0.1) is 0 Å². The van der Waals surface area contributed by atoms with Crippen molar-refractivity contribution in [2.75, 3.05) is 11.8 Å². The highest BCUT2D eigenvalue weighted by Crippen LogP contribution is 2.23. The Balaban J connectivity index is 2.26. The number of rotatable bonds is 5. The molecule has 5 nitrogen and oxygen atoms in total. The Morgan fingerprint density at radius 2 is 1.86 bits per heavy atom. The molecule has 0 aliphatic carbocycles. The number of halogens is 1. The highest BCUT2D eigenvalue weighted by atomic mass is 35.5. The molecule has 7 heteroatoms. The maximum atomic E-state index is 12.2. The molecule has 0 amide bonds. The van der Waals surface area contributed by atoms with Gasteiger partial charge in [-0.1, -0.05) is 17.7 Å². The van der Waals surface area contributed by atoms with Gasteiger partial charge in [0.05, 0.1) is 18.6 Å². The van der Waals surface area contributed by atoms with Gasteiger partial charge in [-0.25, -0.2) is 8.42 Å². The maximum Gasteiger partial charge on any atom is 0.261 e. The summed E-state index contributed by atoms with van der Waals surface area (Å²) in [5, 5.41) is 9.24. The topological polar surface area (TPSA) is 75.6 Å². The second-order valence-corrected chi connectivity index (χ2v) is 6.33. The highest BCUT2D eigenvalue weighted by Gasteiger charge is 2.15. The van der Waals surface area contributed by atoms with E-state index in [1.54, 1.807) is 24.3 Å². The van der Waals surface area contributed by atoms with E-state index in [4.69, 9.17) is 21.4 Å². The fraction of sp³-hybridized carbons (Fsp3) is 0.143. The van der Waals surface area contributed by atoms with Crippen LogP contribution in [0.5, 0.6) is 5.75 Å². The molecule has 0 aromatic heterocycles. The van der Waals surface area contributed by atoms with Gasteiger partial charge in [0.15, 0.2) is 0 Å². The zero-order chi connectivity index (χ0) is 15.5. The molecule has 0 saturated heterocycles. The van der Waals surface area contributed by atoms with Gasteiger partial charge in [-0.3, -0.25) is 4.72 Å². The number of hydrogen-bond acceptors (Lipinski definition) is 4. The van der Waals surface area contributed by atoms with Crippen molar-refractivity contribution in [3.8, 4) is 5.75 Å². The minimum absolute atomic E-state index is 0.0283. The molecule has 0 heterocycles. The molecule has 21 heavy (non-hydrogen) atoms. The SMILES string of the molecule is COc1ccc(NS(=O)(=O)c2ccc(CO)c(Cl)c2)cc1. The molecule has 2 N–H and O–H groups in total. The number of aliphatic hydroxyl groups is 1. The predicted molar refractivity (Wildman–Crippen MR) is 81.2 cm³/mol. The second-order valence-electron chi connectivity index (χ2n) is 4.25. The zero-order valence-corrected chi connectivity index (χ0v) is 12.8. The molecule has 2 rings (SSSR count). The molecule has 0 radical (unpaired) electrons. The number of aliphatic hydroxyl groups excluding tert-OH is 1. The largest absolute Gasteiger partial charge is 0.497 e. The quantitative estimate of drug-likeness (QED) is 0.885. The third-order valence-electron chi connectivity index (χ3n) is 2.85. The number of ether oxygens (including phenoxy) is 1. The number of methoxy groups -OCH3 is 1. The van der Waals surface area contributed by atoms with E-state index in [1.807, 2.05) is 0 Å². The lowest BCUT2D eigenvalue weighted by atomic mass is 10.2. The molecule has 2 aromatic carbocycles. The van der Waals surface area contributed by atoms with E-state index >= 15 is 0 Å². The van der Waals surface area contributed by atoms with E-state index in [0.717, 1.165) is 0 Å². The molecule has 0 aliphatic heterocycles. The number of hydrogen-bond donors (Lipinski definition) is 2. The van der Waals surface area contributed by atoms with Gasteiger partial charge in [0.25, 0.3) is 10.0 Å². The van der Waals surface area contributed by atoms with Crippen LogP contribution in [0.25, 0.3) is 0 Å². The van der Waals surface area contributed by atoms with Crippen molar-refractivity contribution in [3.63, 3.8) is 0 Å². The van der Waals surface area contributed by atoms with Gasteiger partial charge in [0, 0.05) is 10.7 Å². The minimum atomic E-state index is -3.74. The van der Waals surface area contributed by atoms with Gasteiger partial charge in [-0.05, 0) is 42.0 Å². The van der Waals surface area contributed by atoms with Crippen molar-refractivity contribution in [2.24, 2.45) is 0 Å². The molecule has 0 fully saturated rings. The molecule has 0 aliphatic rings. The van der Waals surface area contributed by atoms with Gasteiger partial charge in [0.1, 0.15) is 5.75 Å². The first kappa shape index (κ1) is 15.6. The van der Waals surface area contributed by atoms with Crippen molar-refractivity contribution >= 4 is 27.3 Å². The van der Waals surface area contributed by atoms with Crippen LogP contribution >= 0.6 is 11.6 Å². The van der Waals surface area contributed by atoms with Crippen molar-refractivity contribution in [1.82, 2.24) is 0 Å². The van der Waals surface area contributed by atoms with Crippen LogP contribution in [0.3, 0.4) is 0 Å². The molecule has 0 bridgehead atoms. The Bertz CT molecular complexity index is 729. The van der Waals surface area contributed by atoms with Crippen LogP contribution < -0.4 is 9.46 Å². The molecule has 0 atom stereocenters. The summed E-state index contributed by atoms with van der Waals surface area (Å²) in [5.74, 6) is 0.633. The van der Waals surface area contributed by atoms with E-state index in [1.165, 1.54) is 25.3 Å². The van der Waals surface area contributed by atoms with Gasteiger partial charge in [-0.15, -0.1) is 0 Å². The summed E-state index contributed by atoms with van der Waals surface area (Å²) >= 11 is 5.91. The molecular weight excluding hydrogens is 314 g/mol. The second kappa shape index (κ2) is 6.34. The highest BCUT2D eigenvalue weighted by molar-refractivity contribution is 7.92. The summed E-state index contributed by atoms with van der Waals surface area (Å²) in [4.78, 5) is 0.0283. The predicted octanol–water partition coefficient (Wildman–Crippen LogP) is 2.64. The molecule has 2 aromatic rings. The summed E-state index contributed by atoms with van der Waals surface area (Å²) in [6, 6.07) is 10.7. The Morgan fingerprint density at radius 1 is 1.19 bits per heavy atom. The maximum absolute atomic E-state index is 12.2. The summed E-state index contributed by atoms with van der Waals surface area (Å²) in [6.45, 7) is -0.245. The first-order valence-corrected chi connectivity index (χ1v) is 7.88. The Hall–Kier alpha value is -1.76. The first-order valence-electron chi connectivity index (χ1n) is 6.02. The molecule has 112 valence electrons. The number of sulfonamides is 1. The van der Waals surface area contributed by atoms with E-state index in [0.29, 0.717) is 17.0 Å². The lowest BCUT2D eigenvalue weighted by Crippen LogP contribution is -2.13. The number of anilines is 1. The third-order valence-corrected chi connectivity index (χ3v) is 4.58. The Kier molecular flexibility index (Phi) is 4.72. The minimum Gasteiger partial charge on any atom is -0.497 e. The fourth-order valence-electron chi connectivity index (χ4n) is 1.70. The van der Waals surface area contributed by atoms with Crippen LogP contribution in [0.4, 0.5) is 5.69 Å². The van der Waals surface area contributed by atoms with Crippen LogP contribution in [0.1, 0.15) is 5.56 Å². The van der Waals surface area contributed by atoms with E-state index in [9.17, 15) is 8.42 Å². The van der Waals surface area contributed by atoms with Gasteiger partial charge >= 0.3 is 0 Å². The fourth-order valence-corrected chi connectivity index (χ4v) is 3.09. The van der Waals surface area contributed by atoms with E-state index < -0.39 is 10.0 Å². The van der Waals surface area contributed by atoms with Crippen LogP contribution in [0.2, 0.25) is 5.02 Å². The Labute approximate surface area is 128 Å². The van der Waals surface area contributed by atoms with Crippen molar-refractivity contribution in [2.45, 2.75) is 11.5 Å². The van der Waals surface area contributed by atoms with Crippen LogP contribution in [-0.2, 0) is 16.6 Å². The number of benzene rings is 2. The van der Waals surface area contributed by atoms with Gasteiger partial charge in [0.2, 0.25) is 0 Å². The van der Waals surface area contributed by atoms with Crippen LogP contribution in [-0.4, -0.2) is 20.6 Å². The average Bonchev–Trinajstić information content (AvgIpc) is 2.47. The molecule has 0 unspecified atom stereocenters. The zero-order valence-electron chi connectivity index (χ0n) is 11.2. The summed E-state index contributed by atoms with van der Waals surface area (Å²) < 4.78 is 31.9. The van der Waals surface area contributed by atoms with Gasteiger partial charge in [-0.2, -0.15) is 0 Å². The molecular formula is C14H14ClNO4S. The summed E-state index contributed by atoms with van der Waals surface area (Å²) in [5.41, 5.74) is 0.887. The molecule has 0 spiro atoms. The third kappa shape index (κ3) is 3.66. The lowest BCUT2D eigenvalue weighted by Gasteiger charge is -2.10. The first-order chi connectivity index (χ1) is 9.96. The smallest absolute Gasteiger partial charge is 0.261 e. The van der Waals surface area contributed by atoms with Crippen LogP contribution in [0.15, 0.2) is 47.4 Å². The summed E-state index contributed by atoms with van der Waals surface area (Å²) in [7, 11) is -2.21. The van der Waals surface area contributed by atoms with Crippen molar-refractivity contribution in [1.29, 1.82) is 0 Å². The summed E-state index contributed by atoms with van der Waals surface area (Å²) in [6.07, 6.45) is 0. The normalized spacial score (nSPS) is 11.2. The standard InChI is InChI=1S/C14H14ClNO4S/c1-20-12-5-3-11(4-6-12)16-21(18,19)13-7-2-10(9-17)14(15)8-13/h2-8,16-17H,9H2,1H3. The number of nitrogens with one attached hydrogen (secondary N) is 1. The average molecular weight is 328 g/mol. The molecule has 0 saturated carbocycles.